The van der Waals surface area contributed by atoms with Gasteiger partial charge in [-0.2, -0.15) is 10.4 Å². The van der Waals surface area contributed by atoms with E-state index in [9.17, 15) is 14.9 Å². The summed E-state index contributed by atoms with van der Waals surface area (Å²) in [5.74, 6) is 0.119. The van der Waals surface area contributed by atoms with E-state index in [2.05, 4.69) is 20.2 Å². The van der Waals surface area contributed by atoms with Gasteiger partial charge in [0.1, 0.15) is 30.1 Å². The fraction of sp³-hybridized carbons (Fsp3) is 0.300. The molecule has 3 aromatic heterocycles. The van der Waals surface area contributed by atoms with Crippen molar-refractivity contribution in [2.75, 3.05) is 18.9 Å². The summed E-state index contributed by atoms with van der Waals surface area (Å²) in [5, 5.41) is 29.4. The number of hydrogen-bond donors (Lipinski definition) is 4. The first-order valence-corrected chi connectivity index (χ1v) is 15.5. The van der Waals surface area contributed by atoms with Crippen LogP contribution < -0.4 is 10.8 Å². The van der Waals surface area contributed by atoms with Gasteiger partial charge in [0.05, 0.1) is 18.9 Å². The zero-order chi connectivity index (χ0) is 31.0. The van der Waals surface area contributed by atoms with Gasteiger partial charge in [-0.3, -0.25) is 9.05 Å². The number of aromatic amines is 1. The molecule has 1 fully saturated rings. The molecule has 4 heterocycles. The van der Waals surface area contributed by atoms with E-state index in [0.29, 0.717) is 11.9 Å². The van der Waals surface area contributed by atoms with Crippen LogP contribution >= 0.6 is 7.75 Å². The molecule has 1 saturated heterocycles. The second-order valence-electron chi connectivity index (χ2n) is 10.7. The molecule has 0 bridgehead atoms. The number of nitrogens with two attached hydrogens (primary N) is 1. The van der Waals surface area contributed by atoms with Crippen LogP contribution in [0.4, 0.5) is 10.2 Å². The predicted molar refractivity (Wildman–Crippen MR) is 160 cm³/mol. The largest absolute Gasteiger partial charge is 0.405 e. The molecule has 0 spiro atoms. The first-order chi connectivity index (χ1) is 21.2. The van der Waals surface area contributed by atoms with Crippen LogP contribution in [-0.4, -0.2) is 55.7 Å². The number of ether oxygens (including phenoxy) is 1. The average molecular weight is 620 g/mol. The van der Waals surface area contributed by atoms with Gasteiger partial charge < -0.3 is 20.6 Å². The van der Waals surface area contributed by atoms with Crippen molar-refractivity contribution in [3.63, 3.8) is 0 Å². The summed E-state index contributed by atoms with van der Waals surface area (Å²) in [6.45, 7) is 0.710. The second kappa shape index (κ2) is 11.7. The monoisotopic (exact) mass is 619 g/mol. The number of H-pyrrole nitrogens is 1. The van der Waals surface area contributed by atoms with Gasteiger partial charge in [-0.15, -0.1) is 0 Å². The van der Waals surface area contributed by atoms with E-state index >= 15 is 4.39 Å². The van der Waals surface area contributed by atoms with Crippen LogP contribution in [0.15, 0.2) is 79.3 Å². The molecule has 44 heavy (non-hydrogen) atoms. The van der Waals surface area contributed by atoms with Crippen molar-refractivity contribution in [3.8, 4) is 6.07 Å². The first kappa shape index (κ1) is 29.9. The lowest BCUT2D eigenvalue weighted by Crippen LogP contribution is -2.48. The number of para-hydroxylation sites is 1. The Morgan fingerprint density at radius 1 is 1.20 bits per heavy atom. The van der Waals surface area contributed by atoms with E-state index in [1.807, 2.05) is 66.9 Å². The summed E-state index contributed by atoms with van der Waals surface area (Å²) in [5.41, 5.74) is 4.10. The Bertz CT molecular complexity index is 1870. The number of hydrogen-bond acceptors (Lipinski definition) is 9. The third kappa shape index (κ3) is 5.26. The molecule has 0 amide bonds. The molecule has 6 rings (SSSR count). The van der Waals surface area contributed by atoms with Crippen LogP contribution in [0.3, 0.4) is 0 Å². The van der Waals surface area contributed by atoms with Crippen molar-refractivity contribution in [3.05, 3.63) is 96.1 Å². The van der Waals surface area contributed by atoms with Crippen LogP contribution in [0.5, 0.6) is 0 Å². The van der Waals surface area contributed by atoms with Crippen molar-refractivity contribution >= 4 is 30.0 Å². The molecule has 1 unspecified atom stereocenters. The molecule has 5 aromatic rings. The van der Waals surface area contributed by atoms with E-state index < -0.39 is 37.8 Å². The summed E-state index contributed by atoms with van der Waals surface area (Å²) >= 11 is 0. The van der Waals surface area contributed by atoms with Crippen LogP contribution in [0.1, 0.15) is 23.7 Å². The molecule has 0 saturated carbocycles. The highest BCUT2D eigenvalue weighted by Gasteiger charge is 2.67. The Morgan fingerprint density at radius 3 is 2.77 bits per heavy atom. The predicted octanol–water partition coefficient (Wildman–Crippen LogP) is 4.17. The number of nitrogens with zero attached hydrogens (tertiary/aromatic N) is 4. The fourth-order valence-corrected chi connectivity index (χ4v) is 6.82. The summed E-state index contributed by atoms with van der Waals surface area (Å²) in [4.78, 5) is 7.13. The summed E-state index contributed by atoms with van der Waals surface area (Å²) in [7, 11) is -4.04. The number of alkyl halides is 1. The molecule has 12 nitrogen and oxygen atoms in total. The summed E-state index contributed by atoms with van der Waals surface area (Å²) in [6, 6.07) is 21.8. The molecular formula is C30H31FN7O5P. The minimum atomic E-state index is -4.04. The molecule has 5 atom stereocenters. The zero-order valence-corrected chi connectivity index (χ0v) is 24.7. The maximum atomic E-state index is 16.4. The number of fused-ring (bicyclic) bond motifs is 2. The van der Waals surface area contributed by atoms with Crippen molar-refractivity contribution in [1.29, 1.82) is 5.26 Å². The highest BCUT2D eigenvalue weighted by atomic mass is 31.2. The van der Waals surface area contributed by atoms with Crippen molar-refractivity contribution in [1.82, 2.24) is 24.7 Å². The lowest BCUT2D eigenvalue weighted by Gasteiger charge is -2.30. The topological polar surface area (TPSA) is 173 Å². The molecule has 0 aliphatic carbocycles. The SMILES string of the molecule is C[C@@]1(F)[C@H](O)[C@@H](COP(=O)(NCCc2c[nH]c3ccccc23)OCc2ccccc2)O[C@@]1(C#N)c1ccc2c(N)ncnn12. The molecular weight excluding hydrogens is 588 g/mol. The fourth-order valence-electron chi connectivity index (χ4n) is 5.51. The Balaban J connectivity index is 1.21. The van der Waals surface area contributed by atoms with Gasteiger partial charge in [0.25, 0.3) is 0 Å². The Hall–Kier alpha value is -4.15. The quantitative estimate of drug-likeness (QED) is 0.157. The van der Waals surface area contributed by atoms with Gasteiger partial charge in [0.2, 0.25) is 5.60 Å². The number of aromatic nitrogens is 4. The number of nitriles is 1. The van der Waals surface area contributed by atoms with Gasteiger partial charge >= 0.3 is 7.75 Å². The lowest BCUT2D eigenvalue weighted by molar-refractivity contribution is -0.0707. The molecule has 1 aliphatic rings. The summed E-state index contributed by atoms with van der Waals surface area (Å²) < 4.78 is 49.1. The lowest BCUT2D eigenvalue weighted by atomic mass is 9.82. The minimum absolute atomic E-state index is 0.0102. The maximum Gasteiger partial charge on any atom is 0.405 e. The third-order valence-electron chi connectivity index (χ3n) is 7.95. The Kier molecular flexibility index (Phi) is 7.98. The number of halogens is 1. The number of anilines is 1. The molecule has 228 valence electrons. The molecule has 14 heteroatoms. The molecule has 0 radical (unpaired) electrons. The van der Waals surface area contributed by atoms with Crippen LogP contribution in [0, 0.1) is 11.3 Å². The minimum Gasteiger partial charge on any atom is -0.387 e. The van der Waals surface area contributed by atoms with Crippen LogP contribution in [0.2, 0.25) is 0 Å². The van der Waals surface area contributed by atoms with E-state index in [0.717, 1.165) is 29.0 Å². The van der Waals surface area contributed by atoms with E-state index in [1.54, 1.807) is 0 Å². The molecule has 1 aliphatic heterocycles. The van der Waals surface area contributed by atoms with Crippen molar-refractivity contribution in [2.45, 2.75) is 43.4 Å². The van der Waals surface area contributed by atoms with Gasteiger partial charge in [-0.05, 0) is 42.7 Å². The zero-order valence-electron chi connectivity index (χ0n) is 23.8. The number of nitrogen functional groups attached to an aromatic ring is 1. The highest BCUT2D eigenvalue weighted by Crippen LogP contribution is 2.51. The number of benzene rings is 2. The van der Waals surface area contributed by atoms with Gasteiger partial charge in [0.15, 0.2) is 11.5 Å². The normalized spacial score (nSPS) is 24.9. The maximum absolute atomic E-state index is 16.4. The Morgan fingerprint density at radius 2 is 1.98 bits per heavy atom. The summed E-state index contributed by atoms with van der Waals surface area (Å²) in [6.07, 6.45) is 0.333. The average Bonchev–Trinajstić information content (AvgIpc) is 3.71. The van der Waals surface area contributed by atoms with Gasteiger partial charge in [0, 0.05) is 23.6 Å². The molecule has 2 aromatic carbocycles. The van der Waals surface area contributed by atoms with E-state index in [-0.39, 0.29) is 24.7 Å². The number of rotatable bonds is 11. The molecule has 5 N–H and O–H groups in total. The van der Waals surface area contributed by atoms with Crippen molar-refractivity contribution in [2.24, 2.45) is 0 Å². The first-order valence-electron chi connectivity index (χ1n) is 14.0. The Labute approximate surface area is 252 Å². The number of aliphatic hydroxyl groups is 1. The van der Waals surface area contributed by atoms with Crippen LogP contribution in [-0.2, 0) is 37.0 Å². The van der Waals surface area contributed by atoms with E-state index in [4.69, 9.17) is 19.5 Å². The number of aliphatic hydroxyl groups excluding tert-OH is 1. The second-order valence-corrected chi connectivity index (χ2v) is 12.5. The van der Waals surface area contributed by atoms with Gasteiger partial charge in [-0.25, -0.2) is 23.5 Å². The standard InChI is InChI=1S/C30H31FN7O5P/c1-29(31)27(39)25(43-30(29,18-32)26-12-11-24-28(33)35-19-36-38(24)26)17-42-44(40,41-16-20-7-3-2-4-8-20)37-14-13-21-15-34-23-10-6-5-9-22(21)23/h2-12,15,19,25,27,34,39H,13-14,16-17H2,1H3,(H,37,40)(H2,33,35,36)/t25-,27-,29-,30+,44?/m1/s1. The number of nitrogens with one attached hydrogen (secondary N) is 2. The van der Waals surface area contributed by atoms with Crippen LogP contribution in [0.25, 0.3) is 16.4 Å². The van der Waals surface area contributed by atoms with Gasteiger partial charge in [-0.1, -0.05) is 48.5 Å². The van der Waals surface area contributed by atoms with Crippen molar-refractivity contribution < 1.29 is 27.8 Å². The van der Waals surface area contributed by atoms with E-state index in [1.165, 1.54) is 23.0 Å². The smallest absolute Gasteiger partial charge is 0.387 e. The highest BCUT2D eigenvalue weighted by molar-refractivity contribution is 7.51. The third-order valence-corrected chi connectivity index (χ3v) is 9.52.